The fourth-order valence-corrected chi connectivity index (χ4v) is 1.28. The van der Waals surface area contributed by atoms with Crippen LogP contribution >= 0.6 is 0 Å². The average Bonchev–Trinajstić information content (AvgIpc) is 2.31. The second-order valence-electron chi connectivity index (χ2n) is 3.56. The Kier molecular flexibility index (Phi) is 5.07. The van der Waals surface area contributed by atoms with Gasteiger partial charge in [-0.1, -0.05) is 6.07 Å². The van der Waals surface area contributed by atoms with E-state index >= 15 is 0 Å². The fourth-order valence-electron chi connectivity index (χ4n) is 1.28. The molecule has 0 radical (unpaired) electrons. The van der Waals surface area contributed by atoms with E-state index in [9.17, 15) is 4.79 Å². The highest BCUT2D eigenvalue weighted by Crippen LogP contribution is 2.10. The molecule has 0 aliphatic rings. The zero-order valence-corrected chi connectivity index (χ0v) is 10.3. The lowest BCUT2D eigenvalue weighted by molar-refractivity contribution is -0.128. The number of fused-ring (bicyclic) bond motifs is 1. The maximum Gasteiger partial charge on any atom is 0.293 e. The molecule has 90 valence electrons. The molecule has 0 bridgehead atoms. The number of ether oxygens (including phenoxy) is 1. The van der Waals surface area contributed by atoms with E-state index in [0.29, 0.717) is 13.1 Å². The van der Waals surface area contributed by atoms with Crippen LogP contribution in [0, 0.1) is 13.8 Å². The molecular weight excluding hydrogens is 216 g/mol. The lowest BCUT2D eigenvalue weighted by Gasteiger charge is -1.98. The van der Waals surface area contributed by atoms with Crippen molar-refractivity contribution >= 4 is 17.5 Å². The minimum Gasteiger partial charge on any atom is -0.468 e. The predicted octanol–water partition coefficient (Wildman–Crippen LogP) is 2.43. The van der Waals surface area contributed by atoms with Crippen LogP contribution in [0.5, 0.6) is 0 Å². The number of carbonyl (C=O) groups is 1. The Morgan fingerprint density at radius 2 is 2.06 bits per heavy atom. The molecule has 4 heteroatoms. The maximum absolute atomic E-state index is 9.18. The first-order valence-electron chi connectivity index (χ1n) is 5.42. The van der Waals surface area contributed by atoms with Gasteiger partial charge in [-0.15, -0.1) is 0 Å². The third kappa shape index (κ3) is 4.18. The van der Waals surface area contributed by atoms with Gasteiger partial charge in [-0.05, 0) is 38.5 Å². The summed E-state index contributed by atoms with van der Waals surface area (Å²) in [6.45, 7) is 6.67. The molecule has 0 unspecified atom stereocenters. The molecule has 0 saturated carbocycles. The maximum atomic E-state index is 9.18. The topological polar surface area (TPSA) is 52.1 Å². The van der Waals surface area contributed by atoms with Gasteiger partial charge in [-0.3, -0.25) is 9.78 Å². The summed E-state index contributed by atoms with van der Waals surface area (Å²) in [4.78, 5) is 17.8. The Labute approximate surface area is 101 Å². The van der Waals surface area contributed by atoms with Gasteiger partial charge in [0.1, 0.15) is 0 Å². The summed E-state index contributed by atoms with van der Waals surface area (Å²) in [7, 11) is 0. The highest BCUT2D eigenvalue weighted by atomic mass is 16.5. The third-order valence-electron chi connectivity index (χ3n) is 2.05. The molecule has 2 aromatic rings. The largest absolute Gasteiger partial charge is 0.468 e. The van der Waals surface area contributed by atoms with Crippen LogP contribution in [0.1, 0.15) is 18.2 Å². The SMILES string of the molecule is CCOC=O.Cc1ccc2nc(C)cnc2c1. The quantitative estimate of drug-likeness (QED) is 0.746. The Bertz CT molecular complexity index is 456. The van der Waals surface area contributed by atoms with Crippen LogP contribution in [0.15, 0.2) is 24.4 Å². The van der Waals surface area contributed by atoms with Gasteiger partial charge in [0.2, 0.25) is 0 Å². The molecule has 2 rings (SSSR count). The Hall–Kier alpha value is -1.97. The summed E-state index contributed by atoms with van der Waals surface area (Å²) in [5.74, 6) is 0. The van der Waals surface area contributed by atoms with E-state index in [0.717, 1.165) is 16.7 Å². The number of aryl methyl sites for hydroxylation is 2. The van der Waals surface area contributed by atoms with Crippen LogP contribution in [0.3, 0.4) is 0 Å². The molecule has 0 saturated heterocycles. The van der Waals surface area contributed by atoms with Gasteiger partial charge in [-0.2, -0.15) is 0 Å². The molecule has 1 aromatic carbocycles. The van der Waals surface area contributed by atoms with E-state index in [1.807, 2.05) is 19.1 Å². The number of aromatic nitrogens is 2. The molecule has 0 aliphatic heterocycles. The molecule has 0 N–H and O–H groups in total. The summed E-state index contributed by atoms with van der Waals surface area (Å²) in [6.07, 6.45) is 1.79. The van der Waals surface area contributed by atoms with Crippen LogP contribution < -0.4 is 0 Å². The molecule has 0 spiro atoms. The highest BCUT2D eigenvalue weighted by Gasteiger charge is 1.95. The monoisotopic (exact) mass is 232 g/mol. The lowest BCUT2D eigenvalue weighted by Crippen LogP contribution is -1.86. The second-order valence-corrected chi connectivity index (χ2v) is 3.56. The molecule has 0 aliphatic carbocycles. The van der Waals surface area contributed by atoms with E-state index in [2.05, 4.69) is 27.7 Å². The molecule has 0 atom stereocenters. The second kappa shape index (κ2) is 6.58. The summed E-state index contributed by atoms with van der Waals surface area (Å²) >= 11 is 0. The van der Waals surface area contributed by atoms with E-state index in [1.54, 1.807) is 13.1 Å². The van der Waals surface area contributed by atoms with Gasteiger partial charge in [-0.25, -0.2) is 4.98 Å². The minimum absolute atomic E-state index is 0.431. The number of hydrogen-bond donors (Lipinski definition) is 0. The average molecular weight is 232 g/mol. The van der Waals surface area contributed by atoms with Crippen LogP contribution in [0.4, 0.5) is 0 Å². The molecule has 0 amide bonds. The van der Waals surface area contributed by atoms with Crippen LogP contribution in [-0.2, 0) is 9.53 Å². The zero-order valence-electron chi connectivity index (χ0n) is 10.3. The molecule has 0 fully saturated rings. The number of carbonyl (C=O) groups excluding carboxylic acids is 1. The number of hydrogen-bond acceptors (Lipinski definition) is 4. The van der Waals surface area contributed by atoms with Crippen LogP contribution in [0.25, 0.3) is 11.0 Å². The Morgan fingerprint density at radius 3 is 2.65 bits per heavy atom. The molecular formula is C13H16N2O2. The molecule has 1 aromatic heterocycles. The van der Waals surface area contributed by atoms with E-state index in [1.165, 1.54) is 5.56 Å². The first-order chi connectivity index (χ1) is 8.17. The van der Waals surface area contributed by atoms with Crippen molar-refractivity contribution < 1.29 is 9.53 Å². The Morgan fingerprint density at radius 1 is 1.29 bits per heavy atom. The summed E-state index contributed by atoms with van der Waals surface area (Å²) < 4.78 is 4.15. The van der Waals surface area contributed by atoms with Crippen LogP contribution in [-0.4, -0.2) is 23.0 Å². The van der Waals surface area contributed by atoms with E-state index < -0.39 is 0 Å². The van der Waals surface area contributed by atoms with Gasteiger partial charge >= 0.3 is 0 Å². The van der Waals surface area contributed by atoms with Crippen molar-refractivity contribution in [1.82, 2.24) is 9.97 Å². The number of benzene rings is 1. The third-order valence-corrected chi connectivity index (χ3v) is 2.05. The lowest BCUT2D eigenvalue weighted by atomic mass is 10.2. The van der Waals surface area contributed by atoms with Gasteiger partial charge in [0.25, 0.3) is 6.47 Å². The van der Waals surface area contributed by atoms with Crippen molar-refractivity contribution in [3.05, 3.63) is 35.7 Å². The van der Waals surface area contributed by atoms with Gasteiger partial charge in [0.05, 0.1) is 23.3 Å². The van der Waals surface area contributed by atoms with Crippen molar-refractivity contribution in [2.24, 2.45) is 0 Å². The number of nitrogens with zero attached hydrogens (tertiary/aromatic N) is 2. The summed E-state index contributed by atoms with van der Waals surface area (Å²) in [5, 5.41) is 0. The highest BCUT2D eigenvalue weighted by molar-refractivity contribution is 5.74. The predicted molar refractivity (Wildman–Crippen MR) is 66.7 cm³/mol. The first-order valence-corrected chi connectivity index (χ1v) is 5.42. The number of rotatable bonds is 2. The smallest absolute Gasteiger partial charge is 0.293 e. The van der Waals surface area contributed by atoms with Gasteiger partial charge in [0, 0.05) is 6.20 Å². The summed E-state index contributed by atoms with van der Waals surface area (Å²) in [6, 6.07) is 6.10. The van der Waals surface area contributed by atoms with Crippen molar-refractivity contribution in [3.8, 4) is 0 Å². The Balaban J connectivity index is 0.000000249. The normalized spacial score (nSPS) is 9.35. The minimum atomic E-state index is 0.431. The van der Waals surface area contributed by atoms with Crippen LogP contribution in [0.2, 0.25) is 0 Å². The molecule has 17 heavy (non-hydrogen) atoms. The van der Waals surface area contributed by atoms with Crippen molar-refractivity contribution in [2.75, 3.05) is 6.61 Å². The van der Waals surface area contributed by atoms with Crippen molar-refractivity contribution in [1.29, 1.82) is 0 Å². The van der Waals surface area contributed by atoms with Crippen molar-refractivity contribution in [2.45, 2.75) is 20.8 Å². The van der Waals surface area contributed by atoms with E-state index in [-0.39, 0.29) is 0 Å². The van der Waals surface area contributed by atoms with E-state index in [4.69, 9.17) is 0 Å². The first kappa shape index (κ1) is 13.1. The molecule has 1 heterocycles. The van der Waals surface area contributed by atoms with Gasteiger partial charge in [0.15, 0.2) is 0 Å². The molecule has 4 nitrogen and oxygen atoms in total. The summed E-state index contributed by atoms with van der Waals surface area (Å²) in [5.41, 5.74) is 4.13. The standard InChI is InChI=1S/C10H10N2.C3H6O2/c1-7-3-4-9-10(5-7)11-6-8(2)12-9;1-2-5-3-4/h3-6H,1-2H3;3H,2H2,1H3. The van der Waals surface area contributed by atoms with Crippen molar-refractivity contribution in [3.63, 3.8) is 0 Å². The zero-order chi connectivity index (χ0) is 12.7. The fraction of sp³-hybridized carbons (Fsp3) is 0.308. The van der Waals surface area contributed by atoms with Gasteiger partial charge < -0.3 is 4.74 Å².